The predicted octanol–water partition coefficient (Wildman–Crippen LogP) is 5.25. The minimum Gasteiger partial charge on any atom is -0.388 e. The molecule has 1 nitrogen and oxygen atoms in total. The Morgan fingerprint density at radius 2 is 1.72 bits per heavy atom. The summed E-state index contributed by atoms with van der Waals surface area (Å²) in [4.78, 5) is 0. The van der Waals surface area contributed by atoms with Crippen LogP contribution in [0.1, 0.15) is 17.2 Å². The van der Waals surface area contributed by atoms with E-state index in [0.29, 0.717) is 6.42 Å². The summed E-state index contributed by atoms with van der Waals surface area (Å²) in [6, 6.07) is 13.8. The summed E-state index contributed by atoms with van der Waals surface area (Å²) in [5.41, 5.74) is 2.01. The second-order valence-electron chi connectivity index (χ2n) is 4.02. The fourth-order valence-electron chi connectivity index (χ4n) is 1.72. The van der Waals surface area contributed by atoms with E-state index in [2.05, 4.69) is 47.8 Å². The van der Waals surface area contributed by atoms with Gasteiger partial charge in [-0.3, -0.25) is 0 Å². The number of rotatable bonds is 3. The average molecular weight is 435 g/mol. The van der Waals surface area contributed by atoms with E-state index in [-0.39, 0.29) is 0 Å². The quantitative estimate of drug-likeness (QED) is 0.699. The largest absolute Gasteiger partial charge is 0.388 e. The topological polar surface area (TPSA) is 20.2 Å². The van der Waals surface area contributed by atoms with Crippen LogP contribution in [-0.4, -0.2) is 5.11 Å². The van der Waals surface area contributed by atoms with E-state index >= 15 is 0 Å². The van der Waals surface area contributed by atoms with Crippen molar-refractivity contribution >= 4 is 47.8 Å². The third-order valence-electron chi connectivity index (χ3n) is 2.65. The number of hydrogen-bond donors (Lipinski definition) is 1. The summed E-state index contributed by atoms with van der Waals surface area (Å²) in [6.45, 7) is 0. The van der Waals surface area contributed by atoms with Crippen LogP contribution in [0.5, 0.6) is 0 Å². The van der Waals surface area contributed by atoms with Crippen LogP contribution in [0.2, 0.25) is 0 Å². The van der Waals surface area contributed by atoms with Gasteiger partial charge in [0.15, 0.2) is 0 Å². The molecule has 4 heteroatoms. The van der Waals surface area contributed by atoms with Crippen LogP contribution in [-0.2, 0) is 6.42 Å². The number of aliphatic hydroxyl groups is 1. The Morgan fingerprint density at radius 3 is 2.39 bits per heavy atom. The molecule has 1 atom stereocenters. The zero-order valence-corrected chi connectivity index (χ0v) is 14.2. The first-order valence-electron chi connectivity index (χ1n) is 5.44. The highest BCUT2D eigenvalue weighted by molar-refractivity contribution is 9.13. The van der Waals surface area contributed by atoms with Gasteiger partial charge in [-0.2, -0.15) is 0 Å². The number of benzene rings is 2. The van der Waals surface area contributed by atoms with Crippen molar-refractivity contribution in [2.24, 2.45) is 0 Å². The van der Waals surface area contributed by atoms with Gasteiger partial charge in [-0.05, 0) is 67.3 Å². The van der Waals surface area contributed by atoms with Gasteiger partial charge in [-0.15, -0.1) is 0 Å². The van der Waals surface area contributed by atoms with Gasteiger partial charge in [0.25, 0.3) is 0 Å². The summed E-state index contributed by atoms with van der Waals surface area (Å²) in [5, 5.41) is 10.2. The van der Waals surface area contributed by atoms with Gasteiger partial charge in [-0.1, -0.05) is 34.1 Å². The van der Waals surface area contributed by atoms with Crippen molar-refractivity contribution in [1.82, 2.24) is 0 Å². The Kier molecular flexibility index (Phi) is 5.01. The molecule has 0 aliphatic rings. The molecule has 0 amide bonds. The molecule has 0 fully saturated rings. The smallest absolute Gasteiger partial charge is 0.0830 e. The van der Waals surface area contributed by atoms with Gasteiger partial charge < -0.3 is 5.11 Å². The lowest BCUT2D eigenvalue weighted by Crippen LogP contribution is -2.01. The van der Waals surface area contributed by atoms with Crippen molar-refractivity contribution < 1.29 is 5.11 Å². The van der Waals surface area contributed by atoms with Crippen LogP contribution in [0, 0.1) is 0 Å². The van der Waals surface area contributed by atoms with Crippen LogP contribution in [0.4, 0.5) is 0 Å². The molecule has 0 heterocycles. The number of aliphatic hydroxyl groups excluding tert-OH is 1. The molecule has 0 saturated carbocycles. The molecule has 2 aromatic rings. The van der Waals surface area contributed by atoms with Crippen molar-refractivity contribution in [2.45, 2.75) is 12.5 Å². The highest BCUT2D eigenvalue weighted by Gasteiger charge is 2.10. The monoisotopic (exact) mass is 432 g/mol. The van der Waals surface area contributed by atoms with Crippen LogP contribution in [0.25, 0.3) is 0 Å². The van der Waals surface area contributed by atoms with Gasteiger partial charge in [-0.25, -0.2) is 0 Å². The van der Waals surface area contributed by atoms with Crippen LogP contribution in [0.3, 0.4) is 0 Å². The van der Waals surface area contributed by atoms with E-state index in [9.17, 15) is 5.11 Å². The zero-order valence-electron chi connectivity index (χ0n) is 9.41. The van der Waals surface area contributed by atoms with Crippen molar-refractivity contribution in [1.29, 1.82) is 0 Å². The van der Waals surface area contributed by atoms with Crippen molar-refractivity contribution in [3.63, 3.8) is 0 Å². The Balaban J connectivity index is 2.16. The maximum Gasteiger partial charge on any atom is 0.0830 e. The third kappa shape index (κ3) is 3.67. The van der Waals surface area contributed by atoms with Crippen LogP contribution < -0.4 is 0 Å². The SMILES string of the molecule is OC(Cc1cccc(Br)c1)c1ccc(Br)c(Br)c1. The highest BCUT2D eigenvalue weighted by Crippen LogP contribution is 2.28. The highest BCUT2D eigenvalue weighted by atomic mass is 79.9. The van der Waals surface area contributed by atoms with E-state index in [1.165, 1.54) is 0 Å². The van der Waals surface area contributed by atoms with Crippen LogP contribution in [0.15, 0.2) is 55.9 Å². The van der Waals surface area contributed by atoms with Gasteiger partial charge >= 0.3 is 0 Å². The molecule has 2 rings (SSSR count). The standard InChI is InChI=1S/C14H11Br3O/c15-11-3-1-2-9(6-11)7-14(18)10-4-5-12(16)13(17)8-10/h1-6,8,14,18H,7H2. The molecular formula is C14H11Br3O. The molecule has 0 bridgehead atoms. The van der Waals surface area contributed by atoms with Crippen molar-refractivity contribution in [2.75, 3.05) is 0 Å². The van der Waals surface area contributed by atoms with Crippen molar-refractivity contribution in [3.05, 3.63) is 67.0 Å². The van der Waals surface area contributed by atoms with Gasteiger partial charge in [0, 0.05) is 19.8 Å². The zero-order chi connectivity index (χ0) is 13.1. The third-order valence-corrected chi connectivity index (χ3v) is 5.02. The second kappa shape index (κ2) is 6.33. The van der Waals surface area contributed by atoms with E-state index < -0.39 is 6.10 Å². The maximum absolute atomic E-state index is 10.2. The molecular weight excluding hydrogens is 424 g/mol. The van der Waals surface area contributed by atoms with E-state index in [1.807, 2.05) is 42.5 Å². The summed E-state index contributed by atoms with van der Waals surface area (Å²) < 4.78 is 2.97. The van der Waals surface area contributed by atoms with Crippen LogP contribution >= 0.6 is 47.8 Å². The molecule has 0 aromatic heterocycles. The first-order chi connectivity index (χ1) is 8.56. The Hall–Kier alpha value is -0.160. The lowest BCUT2D eigenvalue weighted by Gasteiger charge is -2.12. The second-order valence-corrected chi connectivity index (χ2v) is 6.65. The Labute approximate surface area is 132 Å². The number of halogens is 3. The summed E-state index contributed by atoms with van der Waals surface area (Å²) in [5.74, 6) is 0. The molecule has 1 unspecified atom stereocenters. The molecule has 18 heavy (non-hydrogen) atoms. The fraction of sp³-hybridized carbons (Fsp3) is 0.143. The molecule has 0 aliphatic carbocycles. The predicted molar refractivity (Wildman–Crippen MR) is 84.6 cm³/mol. The summed E-state index contributed by atoms with van der Waals surface area (Å²) >= 11 is 10.3. The van der Waals surface area contributed by atoms with Gasteiger partial charge in [0.05, 0.1) is 6.10 Å². The summed E-state index contributed by atoms with van der Waals surface area (Å²) in [7, 11) is 0. The molecule has 1 N–H and O–H groups in total. The van der Waals surface area contributed by atoms with Gasteiger partial charge in [0.2, 0.25) is 0 Å². The van der Waals surface area contributed by atoms with Gasteiger partial charge in [0.1, 0.15) is 0 Å². The van der Waals surface area contributed by atoms with E-state index in [1.54, 1.807) is 0 Å². The molecule has 2 aromatic carbocycles. The minimum atomic E-state index is -0.497. The van der Waals surface area contributed by atoms with Crippen molar-refractivity contribution in [3.8, 4) is 0 Å². The minimum absolute atomic E-state index is 0.497. The van der Waals surface area contributed by atoms with E-state index in [0.717, 1.165) is 24.5 Å². The average Bonchev–Trinajstić information content (AvgIpc) is 2.32. The fourth-order valence-corrected chi connectivity index (χ4v) is 2.81. The van der Waals surface area contributed by atoms with E-state index in [4.69, 9.17) is 0 Å². The molecule has 0 radical (unpaired) electrons. The first kappa shape index (κ1) is 14.3. The Morgan fingerprint density at radius 1 is 0.944 bits per heavy atom. The molecule has 94 valence electrons. The first-order valence-corrected chi connectivity index (χ1v) is 7.81. The lowest BCUT2D eigenvalue weighted by atomic mass is 10.0. The molecule has 0 aliphatic heterocycles. The lowest BCUT2D eigenvalue weighted by molar-refractivity contribution is 0.178. The maximum atomic E-state index is 10.2. The Bertz CT molecular complexity index is 554. The molecule has 0 spiro atoms. The summed E-state index contributed by atoms with van der Waals surface area (Å²) in [6.07, 6.45) is 0.108. The normalized spacial score (nSPS) is 12.4. The number of hydrogen-bond acceptors (Lipinski definition) is 1. The molecule has 0 saturated heterocycles.